The fraction of sp³-hybridized carbons (Fsp3) is 0.231. The van der Waals surface area contributed by atoms with Crippen LogP contribution in [0.1, 0.15) is 30.0 Å². The van der Waals surface area contributed by atoms with Gasteiger partial charge >= 0.3 is 5.97 Å². The zero-order valence-electron chi connectivity index (χ0n) is 10.9. The molecule has 2 aromatic rings. The van der Waals surface area contributed by atoms with E-state index in [0.717, 1.165) is 13.8 Å². The van der Waals surface area contributed by atoms with E-state index < -0.39 is 23.0 Å². The molecule has 1 heterocycles. The summed E-state index contributed by atoms with van der Waals surface area (Å²) in [6.07, 6.45) is 0. The van der Waals surface area contributed by atoms with Crippen LogP contribution in [-0.2, 0) is 5.67 Å². The second-order valence-corrected chi connectivity index (χ2v) is 6.01. The highest BCUT2D eigenvalue weighted by Gasteiger charge is 2.35. The highest BCUT2D eigenvalue weighted by molar-refractivity contribution is 6.42. The van der Waals surface area contributed by atoms with Crippen LogP contribution in [0.4, 0.5) is 4.39 Å². The second kappa shape index (κ2) is 5.48. The lowest BCUT2D eigenvalue weighted by Crippen LogP contribution is -2.13. The van der Waals surface area contributed by atoms with Gasteiger partial charge in [0.15, 0.2) is 11.4 Å². The Labute approximate surface area is 134 Å². The maximum atomic E-state index is 14.1. The van der Waals surface area contributed by atoms with Crippen LogP contribution in [0.25, 0.3) is 11.3 Å². The van der Waals surface area contributed by atoms with E-state index in [2.05, 4.69) is 5.16 Å². The third-order valence-corrected chi connectivity index (χ3v) is 3.50. The number of carboxylic acid groups (broad SMARTS) is 1. The van der Waals surface area contributed by atoms with Crippen molar-refractivity contribution in [3.8, 4) is 11.3 Å². The van der Waals surface area contributed by atoms with Crippen LogP contribution < -0.4 is 0 Å². The Bertz CT molecular complexity index is 699. The van der Waals surface area contributed by atoms with Crippen LogP contribution in [0.3, 0.4) is 0 Å². The molecule has 0 amide bonds. The van der Waals surface area contributed by atoms with Gasteiger partial charge < -0.3 is 9.63 Å². The van der Waals surface area contributed by atoms with Crippen molar-refractivity contribution >= 4 is 40.8 Å². The van der Waals surface area contributed by atoms with Gasteiger partial charge in [-0.3, -0.25) is 0 Å². The SMILES string of the molecule is CC(C)(F)c1onc(-c2c(Cl)cc(Cl)cc2Cl)c1C(=O)O. The van der Waals surface area contributed by atoms with Gasteiger partial charge in [-0.05, 0) is 26.0 Å². The largest absolute Gasteiger partial charge is 0.477 e. The molecule has 0 radical (unpaired) electrons. The number of nitrogens with zero attached hydrogens (tertiary/aromatic N) is 1. The summed E-state index contributed by atoms with van der Waals surface area (Å²) in [6, 6.07) is 2.76. The molecule has 0 aliphatic rings. The van der Waals surface area contributed by atoms with E-state index >= 15 is 0 Å². The van der Waals surface area contributed by atoms with E-state index in [1.54, 1.807) is 0 Å². The molecule has 0 atom stereocenters. The predicted octanol–water partition coefficient (Wildman–Crippen LogP) is 5.20. The molecule has 21 heavy (non-hydrogen) atoms. The molecular weight excluding hydrogens is 344 g/mol. The molecule has 8 heteroatoms. The van der Waals surface area contributed by atoms with Crippen molar-refractivity contribution in [3.63, 3.8) is 0 Å². The van der Waals surface area contributed by atoms with Crippen LogP contribution in [0, 0.1) is 0 Å². The van der Waals surface area contributed by atoms with Gasteiger partial charge in [-0.1, -0.05) is 40.0 Å². The summed E-state index contributed by atoms with van der Waals surface area (Å²) in [4.78, 5) is 11.4. The van der Waals surface area contributed by atoms with E-state index in [0.29, 0.717) is 0 Å². The number of aromatic carboxylic acids is 1. The first kappa shape index (κ1) is 16.1. The molecule has 0 bridgehead atoms. The fourth-order valence-corrected chi connectivity index (χ4v) is 2.83. The van der Waals surface area contributed by atoms with Crippen molar-refractivity contribution in [2.45, 2.75) is 19.5 Å². The number of benzene rings is 1. The fourth-order valence-electron chi connectivity index (χ4n) is 1.83. The number of hydrogen-bond donors (Lipinski definition) is 1. The first-order valence-electron chi connectivity index (χ1n) is 5.70. The molecular formula is C13H9Cl3FNO3. The van der Waals surface area contributed by atoms with Crippen LogP contribution in [0.5, 0.6) is 0 Å². The maximum absolute atomic E-state index is 14.1. The number of aromatic nitrogens is 1. The second-order valence-electron chi connectivity index (χ2n) is 4.76. The molecule has 4 nitrogen and oxygen atoms in total. The predicted molar refractivity (Wildman–Crippen MR) is 78.1 cm³/mol. The highest BCUT2D eigenvalue weighted by Crippen LogP contribution is 2.41. The average Bonchev–Trinajstić information content (AvgIpc) is 2.71. The normalized spacial score (nSPS) is 11.7. The summed E-state index contributed by atoms with van der Waals surface area (Å²) in [5.74, 6) is -1.80. The Morgan fingerprint density at radius 3 is 2.24 bits per heavy atom. The lowest BCUT2D eigenvalue weighted by molar-refractivity contribution is 0.0683. The maximum Gasteiger partial charge on any atom is 0.341 e. The van der Waals surface area contributed by atoms with E-state index in [4.69, 9.17) is 39.3 Å². The monoisotopic (exact) mass is 351 g/mol. The molecule has 0 saturated heterocycles. The van der Waals surface area contributed by atoms with E-state index in [-0.39, 0.29) is 26.3 Å². The van der Waals surface area contributed by atoms with Gasteiger partial charge in [0.2, 0.25) is 0 Å². The molecule has 1 aromatic heterocycles. The minimum Gasteiger partial charge on any atom is -0.477 e. The van der Waals surface area contributed by atoms with Crippen molar-refractivity contribution in [2.24, 2.45) is 0 Å². The number of hydrogen-bond acceptors (Lipinski definition) is 3. The molecule has 0 unspecified atom stereocenters. The van der Waals surface area contributed by atoms with E-state index in [1.165, 1.54) is 12.1 Å². The molecule has 1 aromatic carbocycles. The Morgan fingerprint density at radius 2 is 1.81 bits per heavy atom. The van der Waals surface area contributed by atoms with Crippen LogP contribution in [0.15, 0.2) is 16.7 Å². The van der Waals surface area contributed by atoms with Gasteiger partial charge in [0, 0.05) is 10.6 Å². The van der Waals surface area contributed by atoms with E-state index in [1.807, 2.05) is 0 Å². The van der Waals surface area contributed by atoms with Crippen LogP contribution in [-0.4, -0.2) is 16.2 Å². The lowest BCUT2D eigenvalue weighted by Gasteiger charge is -2.11. The Morgan fingerprint density at radius 1 is 1.29 bits per heavy atom. The number of carbonyl (C=O) groups is 1. The van der Waals surface area contributed by atoms with Gasteiger partial charge in [-0.15, -0.1) is 0 Å². The molecule has 0 aliphatic heterocycles. The molecule has 0 saturated carbocycles. The molecule has 0 spiro atoms. The van der Waals surface area contributed by atoms with Gasteiger partial charge in [0.1, 0.15) is 11.3 Å². The minimum atomic E-state index is -2.02. The summed E-state index contributed by atoms with van der Waals surface area (Å²) in [6.45, 7) is 2.32. The smallest absolute Gasteiger partial charge is 0.341 e. The summed E-state index contributed by atoms with van der Waals surface area (Å²) < 4.78 is 18.9. The highest BCUT2D eigenvalue weighted by atomic mass is 35.5. The Kier molecular flexibility index (Phi) is 4.19. The van der Waals surface area contributed by atoms with Gasteiger partial charge in [0.25, 0.3) is 0 Å². The minimum absolute atomic E-state index is 0.0894. The van der Waals surface area contributed by atoms with Gasteiger partial charge in [-0.25, -0.2) is 9.18 Å². The number of rotatable bonds is 3. The van der Waals surface area contributed by atoms with Crippen molar-refractivity contribution < 1.29 is 18.8 Å². The van der Waals surface area contributed by atoms with Gasteiger partial charge in [-0.2, -0.15) is 0 Å². The van der Waals surface area contributed by atoms with Crippen molar-refractivity contribution in [3.05, 3.63) is 38.5 Å². The Balaban J connectivity index is 2.78. The Hall–Kier alpha value is -1.30. The first-order chi connectivity index (χ1) is 9.62. The van der Waals surface area contributed by atoms with E-state index in [9.17, 15) is 14.3 Å². The topological polar surface area (TPSA) is 63.3 Å². The summed E-state index contributed by atoms with van der Waals surface area (Å²) in [7, 11) is 0. The molecule has 2 rings (SSSR count). The molecule has 112 valence electrons. The number of carboxylic acids is 1. The third kappa shape index (κ3) is 3.00. The standard InChI is InChI=1S/C13H9Cl3FNO3/c1-13(2,17)11-9(12(19)20)10(18-21-11)8-6(15)3-5(14)4-7(8)16/h3-4H,1-2H3,(H,19,20). The summed E-state index contributed by atoms with van der Waals surface area (Å²) in [5, 5.41) is 13.4. The van der Waals surface area contributed by atoms with Crippen LogP contribution in [0.2, 0.25) is 15.1 Å². The summed E-state index contributed by atoms with van der Waals surface area (Å²) >= 11 is 17.9. The van der Waals surface area contributed by atoms with Gasteiger partial charge in [0.05, 0.1) is 10.0 Å². The zero-order chi connectivity index (χ0) is 15.9. The number of alkyl halides is 1. The average molecular weight is 353 g/mol. The zero-order valence-corrected chi connectivity index (χ0v) is 13.1. The lowest BCUT2D eigenvalue weighted by atomic mass is 9.99. The quantitative estimate of drug-likeness (QED) is 0.824. The molecule has 1 N–H and O–H groups in total. The van der Waals surface area contributed by atoms with Crippen molar-refractivity contribution in [1.29, 1.82) is 0 Å². The van der Waals surface area contributed by atoms with Crippen molar-refractivity contribution in [2.75, 3.05) is 0 Å². The van der Waals surface area contributed by atoms with Crippen LogP contribution >= 0.6 is 34.8 Å². The summed E-state index contributed by atoms with van der Waals surface area (Å²) in [5.41, 5.74) is -2.47. The molecule has 0 aliphatic carbocycles. The first-order valence-corrected chi connectivity index (χ1v) is 6.83. The number of halogens is 4. The van der Waals surface area contributed by atoms with Crippen molar-refractivity contribution in [1.82, 2.24) is 5.16 Å². The third-order valence-electron chi connectivity index (χ3n) is 2.69. The molecule has 0 fully saturated rings.